The maximum absolute atomic E-state index is 5.90. The van der Waals surface area contributed by atoms with Gasteiger partial charge in [0.1, 0.15) is 11.6 Å². The zero-order valence-corrected chi connectivity index (χ0v) is 25.9. The van der Waals surface area contributed by atoms with Crippen molar-refractivity contribution in [2.75, 3.05) is 36.5 Å². The highest BCUT2D eigenvalue weighted by atomic mass is 32.1. The van der Waals surface area contributed by atoms with Crippen molar-refractivity contribution in [2.24, 2.45) is 12.5 Å². The number of fused-ring (bicyclic) bond motifs is 2. The first-order valence-electron chi connectivity index (χ1n) is 14.8. The molecule has 1 saturated carbocycles. The van der Waals surface area contributed by atoms with Gasteiger partial charge in [0.2, 0.25) is 0 Å². The molecule has 7 rings (SSSR count). The van der Waals surface area contributed by atoms with Crippen molar-refractivity contribution in [2.45, 2.75) is 71.9 Å². The predicted octanol–water partition coefficient (Wildman–Crippen LogP) is 5.23. The van der Waals surface area contributed by atoms with Gasteiger partial charge in [-0.15, -0.1) is 0 Å². The molecule has 1 aromatic carbocycles. The van der Waals surface area contributed by atoms with E-state index in [0.29, 0.717) is 5.92 Å². The molecule has 9 nitrogen and oxygen atoms in total. The van der Waals surface area contributed by atoms with Gasteiger partial charge in [-0.05, 0) is 57.6 Å². The molecule has 0 amide bonds. The molecule has 2 fully saturated rings. The maximum atomic E-state index is 5.90. The van der Waals surface area contributed by atoms with Crippen molar-refractivity contribution >= 4 is 35.4 Å². The van der Waals surface area contributed by atoms with Gasteiger partial charge in [-0.3, -0.25) is 4.68 Å². The number of nitrogens with zero attached hydrogens (tertiary/aromatic N) is 8. The summed E-state index contributed by atoms with van der Waals surface area (Å²) in [6.07, 6.45) is 4.56. The predicted molar refractivity (Wildman–Crippen MR) is 166 cm³/mol. The minimum atomic E-state index is 0.000239. The van der Waals surface area contributed by atoms with Crippen LogP contribution in [0.25, 0.3) is 22.3 Å². The number of aromatic nitrogens is 6. The number of piperidine rings is 1. The van der Waals surface area contributed by atoms with Crippen LogP contribution in [0.5, 0.6) is 0 Å². The molecule has 2 aliphatic heterocycles. The van der Waals surface area contributed by atoms with E-state index in [1.54, 1.807) is 4.09 Å². The fraction of sp³-hybridized carbons (Fsp3) is 0.548. The molecule has 1 saturated heterocycles. The lowest BCUT2D eigenvalue weighted by atomic mass is 9.81. The Kier molecular flexibility index (Phi) is 6.35. The normalized spacial score (nSPS) is 20.6. The molecule has 216 valence electrons. The second kappa shape index (κ2) is 9.73. The number of ether oxygens (including phenoxy) is 1. The first kappa shape index (κ1) is 26.8. The molecule has 1 aliphatic carbocycles. The van der Waals surface area contributed by atoms with Crippen molar-refractivity contribution in [3.05, 3.63) is 46.4 Å². The van der Waals surface area contributed by atoms with Crippen LogP contribution < -0.4 is 9.80 Å². The average molecular weight is 573 g/mol. The lowest BCUT2D eigenvalue weighted by molar-refractivity contribution is -0.00647. The van der Waals surface area contributed by atoms with E-state index in [9.17, 15) is 0 Å². The van der Waals surface area contributed by atoms with Crippen LogP contribution in [0, 0.1) is 19.3 Å². The number of anilines is 2. The van der Waals surface area contributed by atoms with Crippen LogP contribution in [0.15, 0.2) is 18.2 Å². The maximum Gasteiger partial charge on any atom is 0.162 e. The molecule has 3 aromatic heterocycles. The largest absolute Gasteiger partial charge is 0.381 e. The van der Waals surface area contributed by atoms with E-state index in [4.69, 9.17) is 19.8 Å². The lowest BCUT2D eigenvalue weighted by Gasteiger charge is -2.45. The van der Waals surface area contributed by atoms with Gasteiger partial charge in [-0.1, -0.05) is 19.9 Å². The minimum Gasteiger partial charge on any atom is -0.381 e. The summed E-state index contributed by atoms with van der Waals surface area (Å²) in [7, 11) is 3.91. The monoisotopic (exact) mass is 572 g/mol. The molecule has 0 spiro atoms. The van der Waals surface area contributed by atoms with Crippen LogP contribution in [0.3, 0.4) is 0 Å². The Balaban J connectivity index is 1.36. The van der Waals surface area contributed by atoms with Crippen LogP contribution in [-0.4, -0.2) is 61.8 Å². The summed E-state index contributed by atoms with van der Waals surface area (Å²) in [5, 5.41) is 10.5. The fourth-order valence-electron chi connectivity index (χ4n) is 7.04. The van der Waals surface area contributed by atoms with Gasteiger partial charge in [0.05, 0.1) is 28.7 Å². The Morgan fingerprint density at radius 1 is 1.02 bits per heavy atom. The van der Waals surface area contributed by atoms with E-state index in [1.807, 2.05) is 14.0 Å². The van der Waals surface area contributed by atoms with Gasteiger partial charge in [0.15, 0.2) is 5.82 Å². The van der Waals surface area contributed by atoms with E-state index in [0.717, 1.165) is 84.1 Å². The topological polar surface area (TPSA) is 77.1 Å². The highest BCUT2D eigenvalue weighted by Crippen LogP contribution is 2.42. The van der Waals surface area contributed by atoms with E-state index in [1.165, 1.54) is 29.9 Å². The average Bonchev–Trinajstić information content (AvgIpc) is 3.66. The van der Waals surface area contributed by atoms with Gasteiger partial charge in [-0.2, -0.15) is 10.2 Å². The van der Waals surface area contributed by atoms with Gasteiger partial charge in [-0.25, -0.2) is 14.1 Å². The Hall–Kier alpha value is -3.11. The Morgan fingerprint density at radius 3 is 2.56 bits per heavy atom. The molecule has 3 aliphatic rings. The molecule has 0 N–H and O–H groups in total. The highest BCUT2D eigenvalue weighted by Gasteiger charge is 2.39. The third kappa shape index (κ3) is 4.50. The third-order valence-electron chi connectivity index (χ3n) is 9.38. The SMILES string of the molecule is CO[C@@H]1CCN(c2nc(-c3c(C)ccc4c3c(C)nn4S)nc3c2CN(c2cc(C4CC4)nn2C)CC3)CC1(C)C. The minimum absolute atomic E-state index is 0.000239. The first-order valence-corrected chi connectivity index (χ1v) is 15.2. The molecule has 5 heterocycles. The number of rotatable bonds is 5. The van der Waals surface area contributed by atoms with Crippen molar-refractivity contribution < 1.29 is 4.74 Å². The number of benzene rings is 1. The van der Waals surface area contributed by atoms with E-state index in [2.05, 4.69) is 78.4 Å². The molecule has 4 aromatic rings. The van der Waals surface area contributed by atoms with Gasteiger partial charge in [0, 0.05) is 80.7 Å². The number of methoxy groups -OCH3 is 1. The molecule has 1 atom stereocenters. The molecule has 10 heteroatoms. The summed E-state index contributed by atoms with van der Waals surface area (Å²) in [6, 6.07) is 6.51. The smallest absolute Gasteiger partial charge is 0.162 e. The number of hydrogen-bond donors (Lipinski definition) is 1. The summed E-state index contributed by atoms with van der Waals surface area (Å²) in [5.74, 6) is 3.65. The molecule has 0 bridgehead atoms. The van der Waals surface area contributed by atoms with Crippen LogP contribution in [-0.2, 0) is 24.8 Å². The van der Waals surface area contributed by atoms with E-state index < -0.39 is 0 Å². The van der Waals surface area contributed by atoms with Crippen molar-refractivity contribution in [3.63, 3.8) is 0 Å². The Morgan fingerprint density at radius 2 is 1.83 bits per heavy atom. The second-order valence-electron chi connectivity index (χ2n) is 12.8. The van der Waals surface area contributed by atoms with Gasteiger partial charge >= 0.3 is 0 Å². The zero-order chi connectivity index (χ0) is 28.6. The van der Waals surface area contributed by atoms with Crippen LogP contribution in [0.2, 0.25) is 0 Å². The molecular weight excluding hydrogens is 532 g/mol. The zero-order valence-electron chi connectivity index (χ0n) is 25.0. The molecular formula is C31H40N8OS. The number of hydrogen-bond acceptors (Lipinski definition) is 8. The standard InChI is InChI=1S/C31H40N8OS/c1-18-7-10-24-28(19(2)34-39(24)41)27(18)29-32-22-11-13-37(26-15-23(20-8-9-20)35-36(26)5)16-21(22)30(33-29)38-14-12-25(40-6)31(3,4)17-38/h7,10,15,20,25,41H,8-9,11-14,16-17H2,1-6H3/t25-/m1/s1. The Bertz CT molecular complexity index is 1650. The number of thiol groups is 1. The van der Waals surface area contributed by atoms with E-state index in [-0.39, 0.29) is 11.5 Å². The molecule has 0 unspecified atom stereocenters. The van der Waals surface area contributed by atoms with Crippen LogP contribution >= 0.6 is 12.8 Å². The van der Waals surface area contributed by atoms with Gasteiger partial charge in [0.25, 0.3) is 0 Å². The molecule has 41 heavy (non-hydrogen) atoms. The lowest BCUT2D eigenvalue weighted by Crippen LogP contribution is -2.50. The Labute approximate surface area is 247 Å². The second-order valence-corrected chi connectivity index (χ2v) is 13.2. The van der Waals surface area contributed by atoms with Gasteiger partial charge < -0.3 is 14.5 Å². The fourth-order valence-corrected chi connectivity index (χ4v) is 7.34. The quantitative estimate of drug-likeness (QED) is 0.328. The summed E-state index contributed by atoms with van der Waals surface area (Å²) in [5.41, 5.74) is 7.71. The summed E-state index contributed by atoms with van der Waals surface area (Å²) < 4.78 is 9.61. The first-order chi connectivity index (χ1) is 19.6. The molecule has 0 radical (unpaired) electrons. The van der Waals surface area contributed by atoms with Crippen molar-refractivity contribution in [1.29, 1.82) is 0 Å². The number of aryl methyl sites for hydroxylation is 3. The summed E-state index contributed by atoms with van der Waals surface area (Å²) >= 11 is 4.59. The highest BCUT2D eigenvalue weighted by molar-refractivity contribution is 7.78. The van der Waals surface area contributed by atoms with Crippen LogP contribution in [0.1, 0.15) is 67.2 Å². The summed E-state index contributed by atoms with van der Waals surface area (Å²) in [6.45, 7) is 12.2. The van der Waals surface area contributed by atoms with Crippen LogP contribution in [0.4, 0.5) is 11.6 Å². The van der Waals surface area contributed by atoms with Crippen molar-refractivity contribution in [3.8, 4) is 11.4 Å². The van der Waals surface area contributed by atoms with Crippen molar-refractivity contribution in [1.82, 2.24) is 28.9 Å². The summed E-state index contributed by atoms with van der Waals surface area (Å²) in [4.78, 5) is 15.6. The van der Waals surface area contributed by atoms with E-state index >= 15 is 0 Å². The third-order valence-corrected chi connectivity index (χ3v) is 9.69.